The minimum atomic E-state index is -0.989. The normalized spacial score (nSPS) is 11.1. The number of carbonyl (C=O) groups is 1. The van der Waals surface area contributed by atoms with E-state index in [0.29, 0.717) is 6.61 Å². The van der Waals surface area contributed by atoms with Gasteiger partial charge in [0, 0.05) is 5.69 Å². The molecule has 0 amide bonds. The average molecular weight is 253 g/mol. The van der Waals surface area contributed by atoms with Crippen molar-refractivity contribution in [3.63, 3.8) is 0 Å². The molecule has 1 unspecified atom stereocenters. The van der Waals surface area contributed by atoms with Gasteiger partial charge in [0.15, 0.2) is 0 Å². The van der Waals surface area contributed by atoms with Crippen molar-refractivity contribution in [2.45, 2.75) is 39.7 Å². The SMILES string of the molecule is CCCCOC(=O)C(C)O.Cc1ccccc1N. The highest BCUT2D eigenvalue weighted by Gasteiger charge is 2.08. The van der Waals surface area contributed by atoms with Gasteiger partial charge in [-0.15, -0.1) is 0 Å². The van der Waals surface area contributed by atoms with Crippen molar-refractivity contribution >= 4 is 11.7 Å². The van der Waals surface area contributed by atoms with Crippen LogP contribution in [-0.4, -0.2) is 23.8 Å². The number of esters is 1. The van der Waals surface area contributed by atoms with E-state index in [9.17, 15) is 4.79 Å². The second-order valence-electron chi connectivity index (χ2n) is 4.05. The summed E-state index contributed by atoms with van der Waals surface area (Å²) in [5, 5.41) is 8.65. The van der Waals surface area contributed by atoms with Crippen LogP contribution in [0.15, 0.2) is 24.3 Å². The molecule has 0 saturated carbocycles. The molecule has 102 valence electrons. The largest absolute Gasteiger partial charge is 0.464 e. The Labute approximate surface area is 109 Å². The van der Waals surface area contributed by atoms with E-state index in [1.165, 1.54) is 6.92 Å². The summed E-state index contributed by atoms with van der Waals surface area (Å²) >= 11 is 0. The Kier molecular flexibility index (Phi) is 8.66. The number of unbranched alkanes of at least 4 members (excludes halogenated alkanes) is 1. The zero-order chi connectivity index (χ0) is 14.0. The van der Waals surface area contributed by atoms with Gasteiger partial charge in [0.05, 0.1) is 6.61 Å². The minimum absolute atomic E-state index is 0.417. The number of nitrogens with two attached hydrogens (primary N) is 1. The quantitative estimate of drug-likeness (QED) is 0.490. The number of para-hydroxylation sites is 1. The van der Waals surface area contributed by atoms with Crippen LogP contribution in [0.1, 0.15) is 32.3 Å². The molecule has 0 aliphatic carbocycles. The van der Waals surface area contributed by atoms with Crippen LogP contribution in [0.3, 0.4) is 0 Å². The number of carbonyl (C=O) groups excluding carboxylic acids is 1. The monoisotopic (exact) mass is 253 g/mol. The predicted octanol–water partition coefficient (Wildman–Crippen LogP) is 2.29. The summed E-state index contributed by atoms with van der Waals surface area (Å²) in [6.45, 7) is 5.82. The minimum Gasteiger partial charge on any atom is -0.464 e. The van der Waals surface area contributed by atoms with Crippen molar-refractivity contribution in [1.82, 2.24) is 0 Å². The highest BCUT2D eigenvalue weighted by Crippen LogP contribution is 2.06. The number of aliphatic hydroxyl groups is 1. The van der Waals surface area contributed by atoms with E-state index < -0.39 is 12.1 Å². The summed E-state index contributed by atoms with van der Waals surface area (Å²) in [4.78, 5) is 10.5. The van der Waals surface area contributed by atoms with Crippen molar-refractivity contribution in [1.29, 1.82) is 0 Å². The molecular weight excluding hydrogens is 230 g/mol. The molecule has 0 fully saturated rings. The fourth-order valence-electron chi connectivity index (χ4n) is 1.02. The Bertz CT molecular complexity index is 330. The number of ether oxygens (including phenoxy) is 1. The van der Waals surface area contributed by atoms with Crippen molar-refractivity contribution in [3.8, 4) is 0 Å². The van der Waals surface area contributed by atoms with Crippen molar-refractivity contribution < 1.29 is 14.6 Å². The van der Waals surface area contributed by atoms with Gasteiger partial charge in [-0.25, -0.2) is 4.79 Å². The van der Waals surface area contributed by atoms with Crippen LogP contribution in [0.5, 0.6) is 0 Å². The first kappa shape index (κ1) is 16.4. The number of nitrogen functional groups attached to an aromatic ring is 1. The Morgan fingerprint density at radius 3 is 2.44 bits per heavy atom. The van der Waals surface area contributed by atoms with E-state index in [4.69, 9.17) is 10.8 Å². The molecule has 4 heteroatoms. The number of aryl methyl sites for hydroxylation is 1. The van der Waals surface area contributed by atoms with E-state index in [0.717, 1.165) is 24.1 Å². The molecule has 0 aliphatic heterocycles. The van der Waals surface area contributed by atoms with E-state index in [2.05, 4.69) is 4.74 Å². The molecule has 0 aliphatic rings. The van der Waals surface area contributed by atoms with Gasteiger partial charge in [0.1, 0.15) is 6.10 Å². The summed E-state index contributed by atoms with van der Waals surface area (Å²) in [6, 6.07) is 7.80. The molecule has 0 aromatic heterocycles. The van der Waals surface area contributed by atoms with Gasteiger partial charge in [0.25, 0.3) is 0 Å². The molecule has 1 rings (SSSR count). The highest BCUT2D eigenvalue weighted by atomic mass is 16.5. The molecule has 0 bridgehead atoms. The molecule has 3 N–H and O–H groups in total. The molecular formula is C14H23NO3. The lowest BCUT2D eigenvalue weighted by Crippen LogP contribution is -2.19. The molecule has 18 heavy (non-hydrogen) atoms. The lowest BCUT2D eigenvalue weighted by atomic mass is 10.2. The van der Waals surface area contributed by atoms with Crippen LogP contribution < -0.4 is 5.73 Å². The molecule has 4 nitrogen and oxygen atoms in total. The summed E-state index contributed by atoms with van der Waals surface area (Å²) in [6.07, 6.45) is 0.864. The van der Waals surface area contributed by atoms with Crippen LogP contribution in [0.2, 0.25) is 0 Å². The third-order valence-electron chi connectivity index (χ3n) is 2.27. The van der Waals surface area contributed by atoms with Gasteiger partial charge in [-0.3, -0.25) is 0 Å². The maximum Gasteiger partial charge on any atom is 0.334 e. The van der Waals surface area contributed by atoms with E-state index in [1.54, 1.807) is 0 Å². The fraction of sp³-hybridized carbons (Fsp3) is 0.500. The third kappa shape index (κ3) is 7.68. The first-order valence-corrected chi connectivity index (χ1v) is 6.14. The molecule has 0 radical (unpaired) electrons. The molecule has 0 heterocycles. The van der Waals surface area contributed by atoms with Crippen molar-refractivity contribution in [2.75, 3.05) is 12.3 Å². The number of rotatable bonds is 4. The number of anilines is 1. The van der Waals surface area contributed by atoms with Crippen LogP contribution in [-0.2, 0) is 9.53 Å². The van der Waals surface area contributed by atoms with Crippen LogP contribution in [0.25, 0.3) is 0 Å². The third-order valence-corrected chi connectivity index (χ3v) is 2.27. The standard InChI is InChI=1S/C7H9N.C7H14O3/c1-6-4-2-3-5-7(6)8;1-3-4-5-10-7(9)6(2)8/h2-5H,8H2,1H3;6,8H,3-5H2,1-2H3. The Hall–Kier alpha value is -1.55. The fourth-order valence-corrected chi connectivity index (χ4v) is 1.02. The number of benzene rings is 1. The summed E-state index contributed by atoms with van der Waals surface area (Å²) < 4.78 is 4.65. The van der Waals surface area contributed by atoms with Gasteiger partial charge in [-0.05, 0) is 31.9 Å². The van der Waals surface area contributed by atoms with Gasteiger partial charge in [0.2, 0.25) is 0 Å². The lowest BCUT2D eigenvalue weighted by Gasteiger charge is -2.04. The maximum atomic E-state index is 10.5. The second kappa shape index (κ2) is 9.48. The maximum absolute atomic E-state index is 10.5. The highest BCUT2D eigenvalue weighted by molar-refractivity contribution is 5.73. The number of hydrogen-bond donors (Lipinski definition) is 2. The smallest absolute Gasteiger partial charge is 0.334 e. The summed E-state index contributed by atoms with van der Waals surface area (Å²) in [5.74, 6) is -0.534. The van der Waals surface area contributed by atoms with E-state index >= 15 is 0 Å². The predicted molar refractivity (Wildman–Crippen MR) is 73.1 cm³/mol. The van der Waals surface area contributed by atoms with Gasteiger partial charge < -0.3 is 15.6 Å². The van der Waals surface area contributed by atoms with Crippen molar-refractivity contribution in [3.05, 3.63) is 29.8 Å². The van der Waals surface area contributed by atoms with Crippen LogP contribution >= 0.6 is 0 Å². The van der Waals surface area contributed by atoms with E-state index in [-0.39, 0.29) is 0 Å². The average Bonchev–Trinajstić information content (AvgIpc) is 2.34. The topological polar surface area (TPSA) is 72.5 Å². The first-order valence-electron chi connectivity index (χ1n) is 6.14. The van der Waals surface area contributed by atoms with Gasteiger partial charge in [-0.1, -0.05) is 31.5 Å². The zero-order valence-corrected chi connectivity index (χ0v) is 11.3. The Morgan fingerprint density at radius 1 is 1.44 bits per heavy atom. The van der Waals surface area contributed by atoms with Crippen LogP contribution in [0, 0.1) is 6.92 Å². The Balaban J connectivity index is 0.000000327. The number of hydrogen-bond acceptors (Lipinski definition) is 4. The van der Waals surface area contributed by atoms with Gasteiger partial charge in [-0.2, -0.15) is 0 Å². The molecule has 0 saturated heterocycles. The molecule has 1 aromatic rings. The number of aliphatic hydroxyl groups excluding tert-OH is 1. The van der Waals surface area contributed by atoms with E-state index in [1.807, 2.05) is 38.1 Å². The summed E-state index contributed by atoms with van der Waals surface area (Å²) in [5.41, 5.74) is 7.53. The van der Waals surface area contributed by atoms with Gasteiger partial charge >= 0.3 is 5.97 Å². The summed E-state index contributed by atoms with van der Waals surface area (Å²) in [7, 11) is 0. The molecule has 1 atom stereocenters. The second-order valence-corrected chi connectivity index (χ2v) is 4.05. The lowest BCUT2D eigenvalue weighted by molar-refractivity contribution is -0.152. The first-order chi connectivity index (χ1) is 8.49. The molecule has 1 aromatic carbocycles. The Morgan fingerprint density at radius 2 is 2.06 bits per heavy atom. The van der Waals surface area contributed by atoms with Crippen molar-refractivity contribution in [2.24, 2.45) is 0 Å². The zero-order valence-electron chi connectivity index (χ0n) is 11.3. The van der Waals surface area contributed by atoms with Crippen LogP contribution in [0.4, 0.5) is 5.69 Å². The molecule has 0 spiro atoms.